The van der Waals surface area contributed by atoms with E-state index in [0.717, 1.165) is 41.1 Å². The van der Waals surface area contributed by atoms with Gasteiger partial charge in [0.05, 0.1) is 6.04 Å². The maximum Gasteiger partial charge on any atom is 0.205 e. The number of hydrogen-bond donors (Lipinski definition) is 1. The summed E-state index contributed by atoms with van der Waals surface area (Å²) in [6.45, 7) is 6.03. The molecule has 2 aliphatic rings. The van der Waals surface area contributed by atoms with Crippen molar-refractivity contribution >= 4 is 5.71 Å². The molecule has 0 saturated heterocycles. The van der Waals surface area contributed by atoms with E-state index < -0.39 is 0 Å². The molecule has 1 atom stereocenters. The quantitative estimate of drug-likeness (QED) is 0.596. The summed E-state index contributed by atoms with van der Waals surface area (Å²) >= 11 is 0. The lowest BCUT2D eigenvalue weighted by atomic mass is 9.95. The predicted octanol–water partition coefficient (Wildman–Crippen LogP) is 4.38. The van der Waals surface area contributed by atoms with E-state index in [9.17, 15) is 0 Å². The fraction of sp³-hybridized carbons (Fsp3) is 0.200. The Bertz CT molecular complexity index is 1220. The first-order valence-electron chi connectivity index (χ1n) is 10.7. The number of aliphatic imine (C=N–C) groups is 1. The average Bonchev–Trinajstić information content (AvgIpc) is 3.43. The molecule has 0 bridgehead atoms. The van der Waals surface area contributed by atoms with Gasteiger partial charge in [-0.15, -0.1) is 16.8 Å². The number of nitrogens with one attached hydrogen (secondary N) is 1. The van der Waals surface area contributed by atoms with Crippen LogP contribution in [0, 0.1) is 0 Å². The molecule has 0 radical (unpaired) electrons. The van der Waals surface area contributed by atoms with Crippen molar-refractivity contribution in [3.63, 3.8) is 0 Å². The van der Waals surface area contributed by atoms with Gasteiger partial charge in [0.25, 0.3) is 0 Å². The summed E-state index contributed by atoms with van der Waals surface area (Å²) in [6, 6.07) is 17.0. The zero-order valence-corrected chi connectivity index (χ0v) is 18.2. The standard InChI is InChI=1S/C25H25N7/c1-4-7-22-23(32-24(26-22)14-17(2)16-31(32)3)15-18-10-12-19(13-11-18)20-8-5-6-9-21(20)25-27-29-30-28-25/h4-6,8-14,16,23H,1,7,15H2,2-3H3,(H,27,28,29,30). The lowest BCUT2D eigenvalue weighted by Crippen LogP contribution is -2.45. The molecule has 32 heavy (non-hydrogen) atoms. The van der Waals surface area contributed by atoms with Gasteiger partial charge in [0, 0.05) is 37.4 Å². The van der Waals surface area contributed by atoms with E-state index in [0.29, 0.717) is 5.82 Å². The van der Waals surface area contributed by atoms with Crippen molar-refractivity contribution in [3.05, 3.63) is 90.4 Å². The third-order valence-electron chi connectivity index (χ3n) is 5.82. The van der Waals surface area contributed by atoms with Crippen LogP contribution in [0.2, 0.25) is 0 Å². The molecule has 0 fully saturated rings. The van der Waals surface area contributed by atoms with Gasteiger partial charge in [-0.2, -0.15) is 5.21 Å². The molecule has 7 heteroatoms. The monoisotopic (exact) mass is 423 g/mol. The molecule has 1 unspecified atom stereocenters. The molecule has 3 heterocycles. The first kappa shape index (κ1) is 19.9. The van der Waals surface area contributed by atoms with Crippen LogP contribution in [0.25, 0.3) is 22.5 Å². The van der Waals surface area contributed by atoms with Crippen LogP contribution in [0.1, 0.15) is 18.9 Å². The number of nitrogens with zero attached hydrogens (tertiary/aromatic N) is 6. The lowest BCUT2D eigenvalue weighted by Gasteiger charge is -2.37. The van der Waals surface area contributed by atoms with Crippen LogP contribution >= 0.6 is 0 Å². The van der Waals surface area contributed by atoms with Gasteiger partial charge in [-0.3, -0.25) is 10.0 Å². The van der Waals surface area contributed by atoms with E-state index in [4.69, 9.17) is 4.99 Å². The second-order valence-electron chi connectivity index (χ2n) is 8.09. The molecule has 1 N–H and O–H groups in total. The zero-order chi connectivity index (χ0) is 22.1. The molecule has 0 aliphatic carbocycles. The van der Waals surface area contributed by atoms with Crippen molar-refractivity contribution in [2.24, 2.45) is 4.99 Å². The topological polar surface area (TPSA) is 73.3 Å². The van der Waals surface area contributed by atoms with Crippen LogP contribution in [0.15, 0.2) is 89.8 Å². The van der Waals surface area contributed by atoms with Gasteiger partial charge in [-0.05, 0) is 40.5 Å². The summed E-state index contributed by atoms with van der Waals surface area (Å²) in [6.07, 6.45) is 7.86. The van der Waals surface area contributed by atoms with E-state index in [1.54, 1.807) is 0 Å². The van der Waals surface area contributed by atoms with Crippen molar-refractivity contribution in [1.82, 2.24) is 30.6 Å². The SMILES string of the molecule is C=CCC1=NC2=CC(C)=CN(C)N2C1Cc1ccc(-c2ccccc2-c2nn[nH]n2)cc1. The maximum absolute atomic E-state index is 4.91. The van der Waals surface area contributed by atoms with Crippen LogP contribution in [-0.2, 0) is 6.42 Å². The highest BCUT2D eigenvalue weighted by Gasteiger charge is 2.35. The van der Waals surface area contributed by atoms with Gasteiger partial charge in [-0.1, -0.05) is 54.6 Å². The highest BCUT2D eigenvalue weighted by Crippen LogP contribution is 2.33. The molecule has 0 spiro atoms. The number of rotatable bonds is 6. The molecular formula is C25H25N7. The minimum Gasteiger partial charge on any atom is -0.293 e. The smallest absolute Gasteiger partial charge is 0.205 e. The summed E-state index contributed by atoms with van der Waals surface area (Å²) in [5, 5.41) is 18.9. The Labute approximate surface area is 187 Å². The number of H-pyrrole nitrogens is 1. The van der Waals surface area contributed by atoms with Gasteiger partial charge >= 0.3 is 0 Å². The highest BCUT2D eigenvalue weighted by atomic mass is 15.7. The van der Waals surface area contributed by atoms with Crippen molar-refractivity contribution in [2.75, 3.05) is 7.05 Å². The van der Waals surface area contributed by atoms with Crippen molar-refractivity contribution in [3.8, 4) is 22.5 Å². The molecule has 7 nitrogen and oxygen atoms in total. The Balaban J connectivity index is 1.42. The van der Waals surface area contributed by atoms with Gasteiger partial charge < -0.3 is 0 Å². The van der Waals surface area contributed by atoms with Gasteiger partial charge in [-0.25, -0.2) is 4.99 Å². The molecule has 2 aromatic carbocycles. The van der Waals surface area contributed by atoms with Gasteiger partial charge in [0.2, 0.25) is 5.82 Å². The summed E-state index contributed by atoms with van der Waals surface area (Å²) in [5.74, 6) is 1.59. The van der Waals surface area contributed by atoms with Crippen LogP contribution in [0.4, 0.5) is 0 Å². The maximum atomic E-state index is 4.91. The van der Waals surface area contributed by atoms with Crippen LogP contribution in [-0.4, -0.2) is 49.4 Å². The minimum atomic E-state index is 0.172. The Hall–Kier alpha value is -4.00. The number of allylic oxidation sites excluding steroid dienone is 3. The molecule has 1 aromatic heterocycles. The Morgan fingerprint density at radius 1 is 1.09 bits per heavy atom. The number of aromatic nitrogens is 4. The molecular weight excluding hydrogens is 398 g/mol. The number of fused-ring (bicyclic) bond motifs is 1. The average molecular weight is 424 g/mol. The van der Waals surface area contributed by atoms with Crippen LogP contribution in [0.3, 0.4) is 0 Å². The van der Waals surface area contributed by atoms with E-state index in [-0.39, 0.29) is 6.04 Å². The Morgan fingerprint density at radius 2 is 1.88 bits per heavy atom. The fourth-order valence-electron chi connectivity index (χ4n) is 4.43. The highest BCUT2D eigenvalue weighted by molar-refractivity contribution is 5.94. The largest absolute Gasteiger partial charge is 0.293 e. The first-order valence-corrected chi connectivity index (χ1v) is 10.7. The number of hydrogen-bond acceptors (Lipinski definition) is 6. The normalized spacial score (nSPS) is 17.6. The zero-order valence-electron chi connectivity index (χ0n) is 18.2. The van der Waals surface area contributed by atoms with E-state index in [1.165, 1.54) is 11.1 Å². The van der Waals surface area contributed by atoms with Gasteiger partial charge in [0.1, 0.15) is 5.82 Å². The third kappa shape index (κ3) is 3.62. The Kier molecular flexibility index (Phi) is 5.15. The number of hydrazine groups is 1. The summed E-state index contributed by atoms with van der Waals surface area (Å²) in [7, 11) is 2.08. The lowest BCUT2D eigenvalue weighted by molar-refractivity contribution is 0.0709. The molecule has 5 rings (SSSR count). The second kappa shape index (κ2) is 8.26. The third-order valence-corrected chi connectivity index (χ3v) is 5.82. The fourth-order valence-corrected chi connectivity index (χ4v) is 4.43. The molecule has 3 aromatic rings. The Morgan fingerprint density at radius 3 is 2.59 bits per heavy atom. The van der Waals surface area contributed by atoms with Crippen molar-refractivity contribution in [2.45, 2.75) is 25.8 Å². The second-order valence-corrected chi connectivity index (χ2v) is 8.09. The number of benzene rings is 2. The summed E-state index contributed by atoms with van der Waals surface area (Å²) < 4.78 is 0. The van der Waals surface area contributed by atoms with Gasteiger partial charge in [0.15, 0.2) is 0 Å². The van der Waals surface area contributed by atoms with Crippen LogP contribution < -0.4 is 0 Å². The van der Waals surface area contributed by atoms with E-state index in [2.05, 4.69) is 93.8 Å². The van der Waals surface area contributed by atoms with Crippen molar-refractivity contribution < 1.29 is 0 Å². The number of tetrazole rings is 1. The molecule has 160 valence electrons. The first-order chi connectivity index (χ1) is 15.6. The number of aromatic amines is 1. The predicted molar refractivity (Wildman–Crippen MR) is 126 cm³/mol. The molecule has 0 saturated carbocycles. The van der Waals surface area contributed by atoms with Crippen molar-refractivity contribution in [1.29, 1.82) is 0 Å². The minimum absolute atomic E-state index is 0.172. The summed E-state index contributed by atoms with van der Waals surface area (Å²) in [4.78, 5) is 4.91. The molecule has 2 aliphatic heterocycles. The van der Waals surface area contributed by atoms with E-state index in [1.807, 2.05) is 24.3 Å². The van der Waals surface area contributed by atoms with E-state index >= 15 is 0 Å². The molecule has 0 amide bonds. The summed E-state index contributed by atoms with van der Waals surface area (Å²) in [5.41, 5.74) is 6.76. The van der Waals surface area contributed by atoms with Crippen LogP contribution in [0.5, 0.6) is 0 Å².